The molecule has 0 unspecified atom stereocenters. The number of carbonyl (C=O) groups excluding carboxylic acids is 1. The van der Waals surface area contributed by atoms with E-state index < -0.39 is 0 Å². The summed E-state index contributed by atoms with van der Waals surface area (Å²) in [6, 6.07) is 0. The Morgan fingerprint density at radius 3 is 1.50 bits per heavy atom. The van der Waals surface area contributed by atoms with E-state index in [4.69, 9.17) is 0 Å². The largest absolute Gasteiger partial charge is 0.466 e. The molecule has 2 nitrogen and oxygen atoms in total. The van der Waals surface area contributed by atoms with Crippen molar-refractivity contribution in [1.29, 1.82) is 0 Å². The maximum absolute atomic E-state index is 9.82. The quantitative estimate of drug-likeness (QED) is 0.534. The maximum Gasteiger partial charge on any atom is 0.302 e. The first-order chi connectivity index (χ1) is 4.77. The topological polar surface area (TPSA) is 26.3 Å². The number of hydrogen-bond acceptors (Lipinski definition) is 2. The summed E-state index contributed by atoms with van der Waals surface area (Å²) >= 11 is 0. The van der Waals surface area contributed by atoms with Gasteiger partial charge in [-0.3, -0.25) is 4.79 Å². The summed E-state index contributed by atoms with van der Waals surface area (Å²) in [5.41, 5.74) is 0. The third-order valence-electron chi connectivity index (χ3n) is 0.348. The third kappa shape index (κ3) is 51.3. The summed E-state index contributed by atoms with van der Waals surface area (Å²) < 4.78 is 4.40. The zero-order valence-corrected chi connectivity index (χ0v) is 8.02. The first-order valence-corrected chi connectivity index (χ1v) is 3.90. The van der Waals surface area contributed by atoms with Crippen molar-refractivity contribution >= 4 is 5.97 Å². The van der Waals surface area contributed by atoms with Crippen LogP contribution in [-0.4, -0.2) is 12.6 Å². The lowest BCUT2D eigenvalue weighted by molar-refractivity contribution is -0.140. The number of hydrogen-bond donors (Lipinski definition) is 0. The molecule has 0 amide bonds. The molecule has 10 heavy (non-hydrogen) atoms. The molecule has 0 N–H and O–H groups in total. The van der Waals surface area contributed by atoms with Gasteiger partial charge in [-0.2, -0.15) is 0 Å². The molecule has 0 aromatic rings. The maximum atomic E-state index is 9.82. The fourth-order valence-corrected chi connectivity index (χ4v) is 0.203. The fourth-order valence-electron chi connectivity index (χ4n) is 0.203. The number of carbonyl (C=O) groups is 1. The molecular formula is C8H20O2. The van der Waals surface area contributed by atoms with Crippen LogP contribution in [-0.2, 0) is 9.53 Å². The summed E-state index contributed by atoms with van der Waals surface area (Å²) in [5.74, 6) is -0.211. The molecule has 2 heteroatoms. The van der Waals surface area contributed by atoms with Crippen LogP contribution in [0.2, 0.25) is 0 Å². The SMILES string of the molecule is CC.CC.CCOC(C)=O. The van der Waals surface area contributed by atoms with Crippen molar-refractivity contribution in [2.24, 2.45) is 0 Å². The number of ether oxygens (including phenoxy) is 1. The zero-order chi connectivity index (χ0) is 8.99. The highest BCUT2D eigenvalue weighted by molar-refractivity contribution is 5.65. The normalized spacial score (nSPS) is 5.80. The molecule has 0 saturated heterocycles. The molecule has 0 fully saturated rings. The number of rotatable bonds is 1. The van der Waals surface area contributed by atoms with Gasteiger partial charge >= 0.3 is 5.97 Å². The minimum atomic E-state index is -0.211. The Kier molecular flexibility index (Phi) is 38.4. The van der Waals surface area contributed by atoms with E-state index in [9.17, 15) is 4.79 Å². The Bertz CT molecular complexity index is 51.2. The molecule has 0 radical (unpaired) electrons. The summed E-state index contributed by atoms with van der Waals surface area (Å²) in [6.45, 7) is 11.7. The van der Waals surface area contributed by atoms with E-state index in [1.165, 1.54) is 6.92 Å². The Labute approximate surface area is 64.6 Å². The fraction of sp³-hybridized carbons (Fsp3) is 0.875. The van der Waals surface area contributed by atoms with Crippen molar-refractivity contribution in [3.63, 3.8) is 0 Å². The van der Waals surface area contributed by atoms with E-state index in [-0.39, 0.29) is 5.97 Å². The Balaban J connectivity index is -0.000000105. The van der Waals surface area contributed by atoms with Crippen molar-refractivity contribution in [2.45, 2.75) is 41.5 Å². The van der Waals surface area contributed by atoms with Crippen LogP contribution < -0.4 is 0 Å². The van der Waals surface area contributed by atoms with Gasteiger partial charge in [0, 0.05) is 6.92 Å². The lowest BCUT2D eigenvalue weighted by atomic mass is 10.8. The number of esters is 1. The molecular weight excluding hydrogens is 128 g/mol. The lowest BCUT2D eigenvalue weighted by Crippen LogP contribution is -1.95. The molecule has 0 heterocycles. The Morgan fingerprint density at radius 1 is 1.20 bits per heavy atom. The van der Waals surface area contributed by atoms with Crippen molar-refractivity contribution in [1.82, 2.24) is 0 Å². The van der Waals surface area contributed by atoms with Crippen molar-refractivity contribution in [3.8, 4) is 0 Å². The molecule has 0 aromatic carbocycles. The first-order valence-electron chi connectivity index (χ1n) is 3.90. The van der Waals surface area contributed by atoms with Crippen molar-refractivity contribution in [2.75, 3.05) is 6.61 Å². The highest BCUT2D eigenvalue weighted by atomic mass is 16.5. The average molecular weight is 148 g/mol. The van der Waals surface area contributed by atoms with Crippen molar-refractivity contribution in [3.05, 3.63) is 0 Å². The molecule has 0 atom stereocenters. The zero-order valence-electron chi connectivity index (χ0n) is 8.02. The highest BCUT2D eigenvalue weighted by Crippen LogP contribution is 1.69. The summed E-state index contributed by atoms with van der Waals surface area (Å²) in [4.78, 5) is 9.82. The van der Waals surface area contributed by atoms with Crippen LogP contribution in [0.5, 0.6) is 0 Å². The third-order valence-corrected chi connectivity index (χ3v) is 0.348. The molecule has 0 saturated carbocycles. The second-order valence-corrected chi connectivity index (χ2v) is 0.925. The minimum Gasteiger partial charge on any atom is -0.466 e. The molecule has 0 rings (SSSR count). The molecule has 64 valence electrons. The van der Waals surface area contributed by atoms with Gasteiger partial charge in [0.1, 0.15) is 0 Å². The smallest absolute Gasteiger partial charge is 0.302 e. The van der Waals surface area contributed by atoms with E-state index in [2.05, 4.69) is 4.74 Å². The molecule has 0 aromatic heterocycles. The van der Waals surface area contributed by atoms with E-state index in [0.29, 0.717) is 6.61 Å². The van der Waals surface area contributed by atoms with Gasteiger partial charge in [0.25, 0.3) is 0 Å². The van der Waals surface area contributed by atoms with Gasteiger partial charge in [-0.25, -0.2) is 0 Å². The van der Waals surface area contributed by atoms with Gasteiger partial charge in [-0.15, -0.1) is 0 Å². The van der Waals surface area contributed by atoms with Crippen LogP contribution in [0.1, 0.15) is 41.5 Å². The average Bonchev–Trinajstić information content (AvgIpc) is 1.96. The lowest BCUT2D eigenvalue weighted by Gasteiger charge is -1.89. The monoisotopic (exact) mass is 148 g/mol. The summed E-state index contributed by atoms with van der Waals surface area (Å²) in [7, 11) is 0. The minimum absolute atomic E-state index is 0.211. The van der Waals surface area contributed by atoms with Crippen LogP contribution in [0.4, 0.5) is 0 Å². The molecule has 0 aliphatic heterocycles. The predicted octanol–water partition coefficient (Wildman–Crippen LogP) is 2.62. The van der Waals surface area contributed by atoms with Gasteiger partial charge in [0.2, 0.25) is 0 Å². The van der Waals surface area contributed by atoms with Crippen LogP contribution in [0.15, 0.2) is 0 Å². The Morgan fingerprint density at radius 2 is 1.50 bits per heavy atom. The van der Waals surface area contributed by atoms with Crippen molar-refractivity contribution < 1.29 is 9.53 Å². The van der Waals surface area contributed by atoms with Crippen LogP contribution in [0.3, 0.4) is 0 Å². The van der Waals surface area contributed by atoms with E-state index in [1.807, 2.05) is 27.7 Å². The summed E-state index contributed by atoms with van der Waals surface area (Å²) in [5, 5.41) is 0. The van der Waals surface area contributed by atoms with E-state index in [0.717, 1.165) is 0 Å². The van der Waals surface area contributed by atoms with Gasteiger partial charge in [0.05, 0.1) is 6.61 Å². The standard InChI is InChI=1S/C4H8O2.2C2H6/c1-3-6-4(2)5;2*1-2/h3H2,1-2H3;2*1-2H3. The van der Waals surface area contributed by atoms with Crippen LogP contribution >= 0.6 is 0 Å². The van der Waals surface area contributed by atoms with E-state index in [1.54, 1.807) is 6.92 Å². The molecule has 0 bridgehead atoms. The summed E-state index contributed by atoms with van der Waals surface area (Å²) in [6.07, 6.45) is 0. The Hall–Kier alpha value is -0.530. The molecule has 0 aliphatic carbocycles. The van der Waals surface area contributed by atoms with Crippen LogP contribution in [0.25, 0.3) is 0 Å². The molecule has 0 spiro atoms. The predicted molar refractivity (Wildman–Crippen MR) is 45.0 cm³/mol. The molecule has 0 aliphatic rings. The highest BCUT2D eigenvalue weighted by Gasteiger charge is 1.81. The second kappa shape index (κ2) is 23.7. The van der Waals surface area contributed by atoms with Gasteiger partial charge < -0.3 is 4.74 Å². The van der Waals surface area contributed by atoms with E-state index >= 15 is 0 Å². The first kappa shape index (κ1) is 16.2. The van der Waals surface area contributed by atoms with Gasteiger partial charge in [-0.05, 0) is 6.92 Å². The van der Waals surface area contributed by atoms with Gasteiger partial charge in [-0.1, -0.05) is 27.7 Å². The van der Waals surface area contributed by atoms with Crippen LogP contribution in [0, 0.1) is 0 Å². The van der Waals surface area contributed by atoms with Gasteiger partial charge in [0.15, 0.2) is 0 Å². The second-order valence-electron chi connectivity index (χ2n) is 0.925.